The van der Waals surface area contributed by atoms with Crippen LogP contribution in [0.15, 0.2) is 53.4 Å². The van der Waals surface area contributed by atoms with Crippen LogP contribution in [0.5, 0.6) is 5.75 Å². The zero-order valence-corrected chi connectivity index (χ0v) is 18.1. The number of nitrogens with one attached hydrogen (secondary N) is 2. The van der Waals surface area contributed by atoms with Crippen LogP contribution in [0, 0.1) is 0 Å². The molecule has 1 aliphatic heterocycles. The average molecular weight is 432 g/mol. The number of ether oxygens (including phenoxy) is 1. The normalized spacial score (nSPS) is 14.8. The van der Waals surface area contributed by atoms with Gasteiger partial charge in [-0.25, -0.2) is 8.42 Å². The lowest BCUT2D eigenvalue weighted by atomic mass is 10.1. The smallest absolute Gasteiger partial charge is 0.243 e. The number of amides is 1. The molecular weight excluding hydrogens is 402 g/mol. The van der Waals surface area contributed by atoms with Crippen LogP contribution in [0.4, 0.5) is 5.69 Å². The van der Waals surface area contributed by atoms with Crippen molar-refractivity contribution < 1.29 is 17.9 Å². The summed E-state index contributed by atoms with van der Waals surface area (Å²) in [7, 11) is -1.86. The summed E-state index contributed by atoms with van der Waals surface area (Å²) < 4.78 is 32.3. The Balaban J connectivity index is 1.48. The third-order valence-corrected chi connectivity index (χ3v) is 7.03. The van der Waals surface area contributed by atoms with Crippen LogP contribution in [0.1, 0.15) is 24.8 Å². The van der Waals surface area contributed by atoms with E-state index in [1.807, 2.05) is 24.3 Å². The molecule has 2 aromatic rings. The van der Waals surface area contributed by atoms with E-state index < -0.39 is 10.0 Å². The van der Waals surface area contributed by atoms with Crippen molar-refractivity contribution >= 4 is 21.6 Å². The van der Waals surface area contributed by atoms with Crippen LogP contribution in [0.3, 0.4) is 0 Å². The molecular formula is C22H29N3O4S. The molecule has 0 unspecified atom stereocenters. The Labute approximate surface area is 178 Å². The number of anilines is 1. The van der Waals surface area contributed by atoms with E-state index in [1.165, 1.54) is 0 Å². The first kappa shape index (κ1) is 22.1. The molecule has 0 saturated carbocycles. The first-order chi connectivity index (χ1) is 14.5. The standard InChI is InChI=1S/C22H29N3O4S/c1-29-20-10-8-18(9-11-20)12-13-23-22(26)17-24-19-6-5-7-21(16-19)30(27,28)25-14-3-2-4-15-25/h5-11,16,24H,2-4,12-15,17H2,1H3,(H,23,26). The third kappa shape index (κ3) is 5.96. The number of carbonyl (C=O) groups excluding carboxylic acids is 1. The van der Waals surface area contributed by atoms with Crippen molar-refractivity contribution in [1.82, 2.24) is 9.62 Å². The molecule has 1 aliphatic rings. The van der Waals surface area contributed by atoms with Crippen molar-refractivity contribution in [2.75, 3.05) is 38.6 Å². The highest BCUT2D eigenvalue weighted by Gasteiger charge is 2.25. The highest BCUT2D eigenvalue weighted by atomic mass is 32.2. The fourth-order valence-electron chi connectivity index (χ4n) is 3.40. The lowest BCUT2D eigenvalue weighted by Gasteiger charge is -2.26. The molecule has 1 saturated heterocycles. The summed E-state index contributed by atoms with van der Waals surface area (Å²) in [6.45, 7) is 1.74. The molecule has 0 aromatic heterocycles. The lowest BCUT2D eigenvalue weighted by molar-refractivity contribution is -0.119. The van der Waals surface area contributed by atoms with Crippen LogP contribution in [-0.2, 0) is 21.2 Å². The minimum atomic E-state index is -3.49. The summed E-state index contributed by atoms with van der Waals surface area (Å²) in [5, 5.41) is 5.88. The molecule has 1 amide bonds. The maximum absolute atomic E-state index is 12.8. The quantitative estimate of drug-likeness (QED) is 0.637. The van der Waals surface area contributed by atoms with Gasteiger partial charge in [0.2, 0.25) is 15.9 Å². The van der Waals surface area contributed by atoms with Gasteiger partial charge in [-0.1, -0.05) is 24.6 Å². The minimum absolute atomic E-state index is 0.0792. The highest BCUT2D eigenvalue weighted by molar-refractivity contribution is 7.89. The van der Waals surface area contributed by atoms with Gasteiger partial charge in [-0.05, 0) is 55.2 Å². The van der Waals surface area contributed by atoms with Crippen molar-refractivity contribution in [2.45, 2.75) is 30.6 Å². The van der Waals surface area contributed by atoms with E-state index in [0.29, 0.717) is 25.3 Å². The molecule has 1 fully saturated rings. The summed E-state index contributed by atoms with van der Waals surface area (Å²) in [5.41, 5.74) is 1.72. The van der Waals surface area contributed by atoms with Gasteiger partial charge in [-0.3, -0.25) is 4.79 Å². The van der Waals surface area contributed by atoms with E-state index in [9.17, 15) is 13.2 Å². The average Bonchev–Trinajstić information content (AvgIpc) is 2.79. The van der Waals surface area contributed by atoms with E-state index in [0.717, 1.165) is 37.0 Å². The number of hydrogen-bond donors (Lipinski definition) is 2. The van der Waals surface area contributed by atoms with Gasteiger partial charge in [0.25, 0.3) is 0 Å². The predicted octanol–water partition coefficient (Wildman–Crippen LogP) is 2.64. The van der Waals surface area contributed by atoms with Crippen molar-refractivity contribution in [1.29, 1.82) is 0 Å². The summed E-state index contributed by atoms with van der Waals surface area (Å²) >= 11 is 0. The molecule has 162 valence electrons. The van der Waals surface area contributed by atoms with Crippen LogP contribution in [0.2, 0.25) is 0 Å². The predicted molar refractivity (Wildman–Crippen MR) is 117 cm³/mol. The van der Waals surface area contributed by atoms with Crippen molar-refractivity contribution in [3.8, 4) is 5.75 Å². The highest BCUT2D eigenvalue weighted by Crippen LogP contribution is 2.22. The Kier molecular flexibility index (Phi) is 7.70. The second-order valence-electron chi connectivity index (χ2n) is 7.29. The maximum atomic E-state index is 12.8. The zero-order valence-electron chi connectivity index (χ0n) is 17.3. The van der Waals surface area contributed by atoms with E-state index in [2.05, 4.69) is 10.6 Å². The summed E-state index contributed by atoms with van der Waals surface area (Å²) in [5.74, 6) is 0.657. The molecule has 0 aliphatic carbocycles. The molecule has 2 N–H and O–H groups in total. The van der Waals surface area contributed by atoms with Gasteiger partial charge in [-0.15, -0.1) is 0 Å². The topological polar surface area (TPSA) is 87.7 Å². The first-order valence-electron chi connectivity index (χ1n) is 10.2. The molecule has 2 aromatic carbocycles. The molecule has 3 rings (SSSR count). The largest absolute Gasteiger partial charge is 0.497 e. The number of methoxy groups -OCH3 is 1. The molecule has 8 heteroatoms. The molecule has 7 nitrogen and oxygen atoms in total. The second-order valence-corrected chi connectivity index (χ2v) is 9.23. The van der Waals surface area contributed by atoms with Gasteiger partial charge >= 0.3 is 0 Å². The molecule has 0 bridgehead atoms. The van der Waals surface area contributed by atoms with E-state index in [-0.39, 0.29) is 17.3 Å². The van der Waals surface area contributed by atoms with Gasteiger partial charge in [0.15, 0.2) is 0 Å². The molecule has 30 heavy (non-hydrogen) atoms. The van der Waals surface area contributed by atoms with Gasteiger partial charge < -0.3 is 15.4 Å². The Morgan fingerprint density at radius 2 is 1.80 bits per heavy atom. The van der Waals surface area contributed by atoms with E-state index in [1.54, 1.807) is 35.7 Å². The second kappa shape index (κ2) is 10.4. The molecule has 0 atom stereocenters. The Morgan fingerprint density at radius 1 is 1.07 bits per heavy atom. The maximum Gasteiger partial charge on any atom is 0.243 e. The van der Waals surface area contributed by atoms with Crippen LogP contribution >= 0.6 is 0 Å². The Hall–Kier alpha value is -2.58. The monoisotopic (exact) mass is 431 g/mol. The minimum Gasteiger partial charge on any atom is -0.497 e. The summed E-state index contributed by atoms with van der Waals surface area (Å²) in [6, 6.07) is 14.4. The number of nitrogens with zero attached hydrogens (tertiary/aromatic N) is 1. The van der Waals surface area contributed by atoms with Crippen LogP contribution in [-0.4, -0.2) is 51.9 Å². The number of sulfonamides is 1. The van der Waals surface area contributed by atoms with Gasteiger partial charge in [-0.2, -0.15) is 4.31 Å². The summed E-state index contributed by atoms with van der Waals surface area (Å²) in [6.07, 6.45) is 3.59. The first-order valence-corrected chi connectivity index (χ1v) is 11.7. The van der Waals surface area contributed by atoms with Crippen LogP contribution < -0.4 is 15.4 Å². The lowest BCUT2D eigenvalue weighted by Crippen LogP contribution is -2.35. The number of hydrogen-bond acceptors (Lipinski definition) is 5. The fraction of sp³-hybridized carbons (Fsp3) is 0.409. The van der Waals surface area contributed by atoms with Gasteiger partial charge in [0, 0.05) is 25.3 Å². The SMILES string of the molecule is COc1ccc(CCNC(=O)CNc2cccc(S(=O)(=O)N3CCCCC3)c2)cc1. The molecule has 0 radical (unpaired) electrons. The van der Waals surface area contributed by atoms with Crippen molar-refractivity contribution in [3.63, 3.8) is 0 Å². The third-order valence-electron chi connectivity index (χ3n) is 5.13. The van der Waals surface area contributed by atoms with Gasteiger partial charge in [0.1, 0.15) is 5.75 Å². The van der Waals surface area contributed by atoms with Gasteiger partial charge in [0.05, 0.1) is 18.6 Å². The Bertz CT molecular complexity index is 939. The van der Waals surface area contributed by atoms with Crippen molar-refractivity contribution in [3.05, 3.63) is 54.1 Å². The molecule has 0 spiro atoms. The Morgan fingerprint density at radius 3 is 2.50 bits per heavy atom. The summed E-state index contributed by atoms with van der Waals surface area (Å²) in [4.78, 5) is 12.4. The van der Waals surface area contributed by atoms with Crippen molar-refractivity contribution in [2.24, 2.45) is 0 Å². The zero-order chi connectivity index (χ0) is 21.4. The van der Waals surface area contributed by atoms with E-state index in [4.69, 9.17) is 4.74 Å². The number of rotatable bonds is 9. The molecule has 1 heterocycles. The van der Waals surface area contributed by atoms with Crippen LogP contribution in [0.25, 0.3) is 0 Å². The number of carbonyl (C=O) groups is 1. The fourth-order valence-corrected chi connectivity index (χ4v) is 4.97. The number of benzene rings is 2. The van der Waals surface area contributed by atoms with E-state index >= 15 is 0 Å². The number of piperidine rings is 1.